The zero-order chi connectivity index (χ0) is 14.5. The molecule has 106 valence electrons. The molecule has 1 aromatic rings. The van der Waals surface area contributed by atoms with Crippen LogP contribution in [0.1, 0.15) is 18.4 Å². The van der Waals surface area contributed by atoms with Crippen molar-refractivity contribution in [1.29, 1.82) is 0 Å². The van der Waals surface area contributed by atoms with Gasteiger partial charge in [0.25, 0.3) is 0 Å². The van der Waals surface area contributed by atoms with Crippen LogP contribution in [0, 0.1) is 11.8 Å². The highest BCUT2D eigenvalue weighted by Gasteiger charge is 2.43. The molecule has 1 saturated carbocycles. The molecule has 0 heterocycles. The number of hydrogen-bond acceptors (Lipinski definition) is 5. The molecular formula is C15H16O5. The zero-order valence-electron chi connectivity index (χ0n) is 11.2. The maximum Gasteiger partial charge on any atom is 0.310 e. The van der Waals surface area contributed by atoms with Crippen LogP contribution in [-0.4, -0.2) is 24.8 Å². The Morgan fingerprint density at radius 1 is 1.10 bits per heavy atom. The Balaban J connectivity index is 1.97. The Labute approximate surface area is 116 Å². The molecule has 5 nitrogen and oxygen atoms in total. The maximum atomic E-state index is 12.0. The van der Waals surface area contributed by atoms with Crippen LogP contribution in [0.4, 0.5) is 0 Å². The van der Waals surface area contributed by atoms with Crippen molar-refractivity contribution >= 4 is 17.7 Å². The van der Waals surface area contributed by atoms with Crippen molar-refractivity contribution in [2.45, 2.75) is 19.4 Å². The average Bonchev–Trinajstić information content (AvgIpc) is 2.87. The average molecular weight is 276 g/mol. The van der Waals surface area contributed by atoms with Gasteiger partial charge < -0.3 is 9.47 Å². The van der Waals surface area contributed by atoms with Gasteiger partial charge in [-0.05, 0) is 5.56 Å². The molecule has 2 atom stereocenters. The standard InChI is InChI=1S/C15H16O5/c1-19-14(17)12-7-11(16)8-13(12)15(18)20-9-10-5-3-2-4-6-10/h2-6,12-13H,7-9H2,1H3. The number of rotatable bonds is 4. The van der Waals surface area contributed by atoms with E-state index in [0.29, 0.717) is 0 Å². The summed E-state index contributed by atoms with van der Waals surface area (Å²) in [6, 6.07) is 9.24. The Hall–Kier alpha value is -2.17. The fourth-order valence-electron chi connectivity index (χ4n) is 2.34. The van der Waals surface area contributed by atoms with Gasteiger partial charge in [-0.2, -0.15) is 0 Å². The Morgan fingerprint density at radius 3 is 2.30 bits per heavy atom. The highest BCUT2D eigenvalue weighted by atomic mass is 16.5. The first-order chi connectivity index (χ1) is 9.61. The summed E-state index contributed by atoms with van der Waals surface area (Å²) in [5.41, 5.74) is 0.861. The lowest BCUT2D eigenvalue weighted by Gasteiger charge is -2.15. The second-order valence-corrected chi connectivity index (χ2v) is 4.78. The van der Waals surface area contributed by atoms with Crippen LogP contribution in [0.2, 0.25) is 0 Å². The van der Waals surface area contributed by atoms with Crippen LogP contribution >= 0.6 is 0 Å². The van der Waals surface area contributed by atoms with Crippen molar-refractivity contribution in [3.63, 3.8) is 0 Å². The number of methoxy groups -OCH3 is 1. The van der Waals surface area contributed by atoms with Gasteiger partial charge in [0.05, 0.1) is 18.9 Å². The van der Waals surface area contributed by atoms with Crippen molar-refractivity contribution in [1.82, 2.24) is 0 Å². The molecule has 20 heavy (non-hydrogen) atoms. The number of carbonyl (C=O) groups is 3. The van der Waals surface area contributed by atoms with Gasteiger partial charge >= 0.3 is 11.9 Å². The van der Waals surface area contributed by atoms with E-state index in [1.54, 1.807) is 0 Å². The summed E-state index contributed by atoms with van der Waals surface area (Å²) in [7, 11) is 1.25. The Morgan fingerprint density at radius 2 is 1.70 bits per heavy atom. The first-order valence-corrected chi connectivity index (χ1v) is 6.42. The van der Waals surface area contributed by atoms with Crippen LogP contribution in [0.25, 0.3) is 0 Å². The lowest BCUT2D eigenvalue weighted by molar-refractivity contribution is -0.158. The molecule has 1 aliphatic rings. The number of ketones is 1. The van der Waals surface area contributed by atoms with Crippen molar-refractivity contribution in [3.05, 3.63) is 35.9 Å². The summed E-state index contributed by atoms with van der Waals surface area (Å²) in [5.74, 6) is -2.59. The summed E-state index contributed by atoms with van der Waals surface area (Å²) >= 11 is 0. The van der Waals surface area contributed by atoms with Crippen LogP contribution in [-0.2, 0) is 30.5 Å². The molecule has 2 rings (SSSR count). The van der Waals surface area contributed by atoms with Crippen molar-refractivity contribution in [3.8, 4) is 0 Å². The van der Waals surface area contributed by atoms with E-state index < -0.39 is 23.8 Å². The van der Waals surface area contributed by atoms with Crippen molar-refractivity contribution in [2.75, 3.05) is 7.11 Å². The molecule has 0 bridgehead atoms. The third-order valence-corrected chi connectivity index (χ3v) is 3.41. The number of benzene rings is 1. The van der Waals surface area contributed by atoms with Crippen molar-refractivity contribution in [2.24, 2.45) is 11.8 Å². The number of carbonyl (C=O) groups excluding carboxylic acids is 3. The smallest absolute Gasteiger partial charge is 0.310 e. The molecule has 0 radical (unpaired) electrons. The zero-order valence-corrected chi connectivity index (χ0v) is 11.2. The molecule has 1 fully saturated rings. The maximum absolute atomic E-state index is 12.0. The Bertz CT molecular complexity index is 508. The number of esters is 2. The van der Waals surface area contributed by atoms with Crippen LogP contribution < -0.4 is 0 Å². The fourth-order valence-corrected chi connectivity index (χ4v) is 2.34. The second-order valence-electron chi connectivity index (χ2n) is 4.78. The van der Waals surface area contributed by atoms with Crippen LogP contribution in [0.15, 0.2) is 30.3 Å². The SMILES string of the molecule is COC(=O)C1CC(=O)CC1C(=O)OCc1ccccc1. The summed E-state index contributed by atoms with van der Waals surface area (Å²) in [6.45, 7) is 0.137. The topological polar surface area (TPSA) is 69.7 Å². The van der Waals surface area contributed by atoms with E-state index in [1.807, 2.05) is 30.3 Å². The molecule has 0 N–H and O–H groups in total. The predicted molar refractivity (Wildman–Crippen MR) is 69.5 cm³/mol. The van der Waals surface area contributed by atoms with Crippen LogP contribution in [0.5, 0.6) is 0 Å². The van der Waals surface area contributed by atoms with E-state index in [9.17, 15) is 14.4 Å². The van der Waals surface area contributed by atoms with Gasteiger partial charge in [0.15, 0.2) is 0 Å². The number of hydrogen-bond donors (Lipinski definition) is 0. The first kappa shape index (κ1) is 14.2. The fraction of sp³-hybridized carbons (Fsp3) is 0.400. The second kappa shape index (κ2) is 6.32. The number of Topliss-reactive ketones (excluding diaryl/α,β-unsaturated/α-hetero) is 1. The molecule has 0 spiro atoms. The number of ether oxygens (including phenoxy) is 2. The van der Waals surface area contributed by atoms with E-state index in [1.165, 1.54) is 7.11 Å². The molecule has 0 saturated heterocycles. The molecule has 1 aliphatic carbocycles. The minimum Gasteiger partial charge on any atom is -0.469 e. The Kier molecular flexibility index (Phi) is 4.50. The first-order valence-electron chi connectivity index (χ1n) is 6.42. The normalized spacial score (nSPS) is 21.6. The van der Waals surface area contributed by atoms with E-state index in [-0.39, 0.29) is 25.2 Å². The molecule has 1 aromatic carbocycles. The highest BCUT2D eigenvalue weighted by molar-refractivity contribution is 5.95. The van der Waals surface area contributed by atoms with Gasteiger partial charge in [-0.25, -0.2) is 0 Å². The van der Waals surface area contributed by atoms with Gasteiger partial charge in [-0.1, -0.05) is 30.3 Å². The molecule has 0 aliphatic heterocycles. The van der Waals surface area contributed by atoms with Crippen molar-refractivity contribution < 1.29 is 23.9 Å². The van der Waals surface area contributed by atoms with Gasteiger partial charge in [0, 0.05) is 12.8 Å². The predicted octanol–water partition coefficient (Wildman–Crippen LogP) is 1.50. The monoisotopic (exact) mass is 276 g/mol. The third-order valence-electron chi connectivity index (χ3n) is 3.41. The largest absolute Gasteiger partial charge is 0.469 e. The van der Waals surface area contributed by atoms with E-state index in [4.69, 9.17) is 4.74 Å². The quantitative estimate of drug-likeness (QED) is 0.779. The summed E-state index contributed by atoms with van der Waals surface area (Å²) in [5, 5.41) is 0. The lowest BCUT2D eigenvalue weighted by Crippen LogP contribution is -2.27. The van der Waals surface area contributed by atoms with Crippen LogP contribution in [0.3, 0.4) is 0 Å². The molecule has 2 unspecified atom stereocenters. The van der Waals surface area contributed by atoms with E-state index in [0.717, 1.165) is 5.56 Å². The van der Waals surface area contributed by atoms with Gasteiger partial charge in [0.2, 0.25) is 0 Å². The van der Waals surface area contributed by atoms with E-state index >= 15 is 0 Å². The minimum atomic E-state index is -0.723. The molecule has 0 amide bonds. The molecular weight excluding hydrogens is 260 g/mol. The summed E-state index contributed by atoms with van der Waals surface area (Å²) in [4.78, 5) is 35.0. The highest BCUT2D eigenvalue weighted by Crippen LogP contribution is 2.31. The minimum absolute atomic E-state index is 0.0490. The van der Waals surface area contributed by atoms with E-state index in [2.05, 4.69) is 4.74 Å². The molecule has 5 heteroatoms. The summed E-state index contributed by atoms with van der Waals surface area (Å²) in [6.07, 6.45) is 0.102. The van der Waals surface area contributed by atoms with Gasteiger partial charge in [0.1, 0.15) is 12.4 Å². The lowest BCUT2D eigenvalue weighted by atomic mass is 9.96. The summed E-state index contributed by atoms with van der Waals surface area (Å²) < 4.78 is 9.81. The van der Waals surface area contributed by atoms with Gasteiger partial charge in [-0.15, -0.1) is 0 Å². The van der Waals surface area contributed by atoms with Gasteiger partial charge in [-0.3, -0.25) is 14.4 Å². The third kappa shape index (κ3) is 3.23. The molecule has 0 aromatic heterocycles.